The lowest BCUT2D eigenvalue weighted by Gasteiger charge is -2.40. The summed E-state index contributed by atoms with van der Waals surface area (Å²) >= 11 is 5.63. The van der Waals surface area contributed by atoms with E-state index in [1.807, 2.05) is 0 Å². The Labute approximate surface area is 111 Å². The smallest absolute Gasteiger partial charge is 0.142 e. The van der Waals surface area contributed by atoms with Crippen LogP contribution in [0.1, 0.15) is 24.5 Å². The first-order valence-electron chi connectivity index (χ1n) is 6.00. The molecule has 2 unspecified atom stereocenters. The van der Waals surface area contributed by atoms with Gasteiger partial charge >= 0.3 is 0 Å². The molecular formula is C13H17ClFNO2. The van der Waals surface area contributed by atoms with Crippen molar-refractivity contribution in [3.63, 3.8) is 0 Å². The summed E-state index contributed by atoms with van der Waals surface area (Å²) < 4.78 is 18.8. The fourth-order valence-corrected chi connectivity index (χ4v) is 2.52. The van der Waals surface area contributed by atoms with E-state index in [0.29, 0.717) is 25.3 Å². The van der Waals surface area contributed by atoms with Gasteiger partial charge in [0.05, 0.1) is 17.7 Å². The average Bonchev–Trinajstić information content (AvgIpc) is 2.42. The molecule has 100 valence electrons. The van der Waals surface area contributed by atoms with Crippen molar-refractivity contribution in [2.75, 3.05) is 19.8 Å². The number of hydrogen-bond acceptors (Lipinski definition) is 3. The molecule has 1 aliphatic rings. The summed E-state index contributed by atoms with van der Waals surface area (Å²) in [5.41, 5.74) is 5.75. The minimum Gasteiger partial charge on any atom is -0.388 e. The second kappa shape index (κ2) is 5.53. The van der Waals surface area contributed by atoms with Crippen LogP contribution in [0, 0.1) is 11.2 Å². The summed E-state index contributed by atoms with van der Waals surface area (Å²) in [6, 6.07) is 4.34. The first-order valence-corrected chi connectivity index (χ1v) is 6.38. The van der Waals surface area contributed by atoms with Gasteiger partial charge in [0.2, 0.25) is 0 Å². The first-order chi connectivity index (χ1) is 8.59. The molecule has 3 nitrogen and oxygen atoms in total. The van der Waals surface area contributed by atoms with Gasteiger partial charge in [-0.15, -0.1) is 0 Å². The molecule has 0 aromatic heterocycles. The van der Waals surface area contributed by atoms with Crippen LogP contribution in [0.25, 0.3) is 0 Å². The summed E-state index contributed by atoms with van der Waals surface area (Å²) in [4.78, 5) is 0. The van der Waals surface area contributed by atoms with Gasteiger partial charge in [-0.25, -0.2) is 4.39 Å². The molecule has 0 bridgehead atoms. The summed E-state index contributed by atoms with van der Waals surface area (Å²) in [5, 5.41) is 10.5. The highest BCUT2D eigenvalue weighted by molar-refractivity contribution is 6.30. The van der Waals surface area contributed by atoms with Gasteiger partial charge < -0.3 is 15.6 Å². The van der Waals surface area contributed by atoms with Crippen LogP contribution in [-0.4, -0.2) is 24.9 Å². The van der Waals surface area contributed by atoms with E-state index < -0.39 is 17.3 Å². The number of ether oxygens (including phenoxy) is 1. The van der Waals surface area contributed by atoms with Crippen LogP contribution in [0.2, 0.25) is 5.02 Å². The molecule has 1 aromatic carbocycles. The third-order valence-electron chi connectivity index (χ3n) is 3.60. The van der Waals surface area contributed by atoms with Gasteiger partial charge in [-0.2, -0.15) is 0 Å². The zero-order valence-electron chi connectivity index (χ0n) is 10.0. The predicted molar refractivity (Wildman–Crippen MR) is 67.9 cm³/mol. The molecule has 1 heterocycles. The van der Waals surface area contributed by atoms with Crippen molar-refractivity contribution < 1.29 is 14.2 Å². The molecule has 0 amide bonds. The van der Waals surface area contributed by atoms with E-state index in [1.54, 1.807) is 6.07 Å². The van der Waals surface area contributed by atoms with Crippen molar-refractivity contribution >= 4 is 11.6 Å². The van der Waals surface area contributed by atoms with E-state index in [4.69, 9.17) is 22.1 Å². The molecule has 5 heteroatoms. The fourth-order valence-electron chi connectivity index (χ4n) is 2.40. The van der Waals surface area contributed by atoms with E-state index in [1.165, 1.54) is 12.1 Å². The monoisotopic (exact) mass is 273 g/mol. The second-order valence-electron chi connectivity index (χ2n) is 4.80. The molecule has 0 radical (unpaired) electrons. The maximum Gasteiger partial charge on any atom is 0.142 e. The Morgan fingerprint density at radius 1 is 1.56 bits per heavy atom. The Morgan fingerprint density at radius 3 is 2.89 bits per heavy atom. The highest BCUT2D eigenvalue weighted by atomic mass is 35.5. The molecule has 1 aliphatic heterocycles. The normalized spacial score (nSPS) is 26.0. The van der Waals surface area contributed by atoms with E-state index in [0.717, 1.165) is 12.8 Å². The third kappa shape index (κ3) is 2.52. The van der Waals surface area contributed by atoms with Crippen molar-refractivity contribution in [1.29, 1.82) is 0 Å². The molecule has 1 fully saturated rings. The predicted octanol–water partition coefficient (Wildman–Crippen LogP) is 2.27. The molecule has 18 heavy (non-hydrogen) atoms. The van der Waals surface area contributed by atoms with Crippen LogP contribution >= 0.6 is 11.6 Å². The van der Waals surface area contributed by atoms with Crippen molar-refractivity contribution in [2.24, 2.45) is 11.1 Å². The first kappa shape index (κ1) is 13.7. The van der Waals surface area contributed by atoms with Gasteiger partial charge in [0.1, 0.15) is 5.82 Å². The summed E-state index contributed by atoms with van der Waals surface area (Å²) in [5.74, 6) is -0.530. The van der Waals surface area contributed by atoms with Gasteiger partial charge in [0.15, 0.2) is 0 Å². The molecule has 1 saturated heterocycles. The lowest BCUT2D eigenvalue weighted by atomic mass is 9.75. The van der Waals surface area contributed by atoms with Crippen molar-refractivity contribution in [2.45, 2.75) is 18.9 Å². The molecular weight excluding hydrogens is 257 g/mol. The Hall–Kier alpha value is -0.680. The van der Waals surface area contributed by atoms with Crippen molar-refractivity contribution in [3.05, 3.63) is 34.6 Å². The summed E-state index contributed by atoms with van der Waals surface area (Å²) in [6.07, 6.45) is 0.786. The average molecular weight is 274 g/mol. The van der Waals surface area contributed by atoms with Crippen LogP contribution in [-0.2, 0) is 4.74 Å². The van der Waals surface area contributed by atoms with E-state index in [-0.39, 0.29) is 5.02 Å². The largest absolute Gasteiger partial charge is 0.388 e. The number of benzene rings is 1. The summed E-state index contributed by atoms with van der Waals surface area (Å²) in [7, 11) is 0. The summed E-state index contributed by atoms with van der Waals surface area (Å²) in [6.45, 7) is 1.39. The van der Waals surface area contributed by atoms with Crippen LogP contribution < -0.4 is 5.73 Å². The topological polar surface area (TPSA) is 55.5 Å². The van der Waals surface area contributed by atoms with Gasteiger partial charge in [-0.1, -0.05) is 17.7 Å². The molecule has 3 N–H and O–H groups in total. The van der Waals surface area contributed by atoms with Gasteiger partial charge in [-0.3, -0.25) is 0 Å². The van der Waals surface area contributed by atoms with Crippen molar-refractivity contribution in [3.8, 4) is 0 Å². The lowest BCUT2D eigenvalue weighted by molar-refractivity contribution is -0.0782. The Balaban J connectivity index is 2.27. The van der Waals surface area contributed by atoms with E-state index >= 15 is 0 Å². The van der Waals surface area contributed by atoms with Gasteiger partial charge in [-0.05, 0) is 30.5 Å². The van der Waals surface area contributed by atoms with Crippen LogP contribution in [0.3, 0.4) is 0 Å². The zero-order chi connectivity index (χ0) is 13.2. The second-order valence-corrected chi connectivity index (χ2v) is 5.21. The molecule has 0 saturated carbocycles. The Kier molecular flexibility index (Phi) is 4.22. The minimum absolute atomic E-state index is 0.0487. The molecule has 2 atom stereocenters. The minimum atomic E-state index is -0.838. The molecule has 0 aliphatic carbocycles. The maximum absolute atomic E-state index is 13.4. The van der Waals surface area contributed by atoms with Crippen molar-refractivity contribution in [1.82, 2.24) is 0 Å². The molecule has 2 rings (SSSR count). The van der Waals surface area contributed by atoms with Crippen LogP contribution in [0.15, 0.2) is 18.2 Å². The van der Waals surface area contributed by atoms with E-state index in [2.05, 4.69) is 0 Å². The molecule has 1 aromatic rings. The number of aliphatic hydroxyl groups is 1. The van der Waals surface area contributed by atoms with E-state index in [9.17, 15) is 9.50 Å². The Morgan fingerprint density at radius 2 is 2.33 bits per heavy atom. The zero-order valence-corrected chi connectivity index (χ0v) is 10.8. The third-order valence-corrected chi connectivity index (χ3v) is 3.91. The van der Waals surface area contributed by atoms with Crippen LogP contribution in [0.5, 0.6) is 0 Å². The Bertz CT molecular complexity index is 421. The SMILES string of the molecule is NCC1(C(O)c2ccc(Cl)c(F)c2)CCCOC1. The van der Waals surface area contributed by atoms with Crippen LogP contribution in [0.4, 0.5) is 4.39 Å². The lowest BCUT2D eigenvalue weighted by Crippen LogP contribution is -2.43. The number of rotatable bonds is 3. The molecule has 0 spiro atoms. The standard InChI is InChI=1S/C13H17ClFNO2/c14-10-3-2-9(6-11(10)15)12(17)13(7-16)4-1-5-18-8-13/h2-3,6,12,17H,1,4-5,7-8,16H2. The quantitative estimate of drug-likeness (QED) is 0.888. The number of aliphatic hydroxyl groups excluding tert-OH is 1. The number of halogens is 2. The number of hydrogen-bond donors (Lipinski definition) is 2. The van der Waals surface area contributed by atoms with Gasteiger partial charge in [0.25, 0.3) is 0 Å². The fraction of sp³-hybridized carbons (Fsp3) is 0.538. The highest BCUT2D eigenvalue weighted by Crippen LogP contribution is 2.40. The van der Waals surface area contributed by atoms with Gasteiger partial charge in [0, 0.05) is 18.6 Å². The number of nitrogens with two attached hydrogens (primary N) is 1. The highest BCUT2D eigenvalue weighted by Gasteiger charge is 2.39. The maximum atomic E-state index is 13.4.